The van der Waals surface area contributed by atoms with Crippen LogP contribution in [0, 0.1) is 0 Å². The van der Waals surface area contributed by atoms with Crippen LogP contribution >= 0.6 is 0 Å². The van der Waals surface area contributed by atoms with Gasteiger partial charge in [-0.1, -0.05) is 50.2 Å². The first-order chi connectivity index (χ1) is 10.9. The minimum atomic E-state index is -4.96. The van der Waals surface area contributed by atoms with Crippen LogP contribution in [0.2, 0.25) is 0 Å². The molecule has 0 aliphatic carbocycles. The molecule has 24 heavy (non-hydrogen) atoms. The molecule has 0 bridgehead atoms. The van der Waals surface area contributed by atoms with Gasteiger partial charge in [-0.15, -0.1) is 0 Å². The van der Waals surface area contributed by atoms with Crippen LogP contribution in [0.4, 0.5) is 0 Å². The van der Waals surface area contributed by atoms with E-state index in [0.29, 0.717) is 5.56 Å². The van der Waals surface area contributed by atoms with Crippen molar-refractivity contribution in [3.05, 3.63) is 53.6 Å². The second kappa shape index (κ2) is 5.85. The Labute approximate surface area is 140 Å². The van der Waals surface area contributed by atoms with Crippen molar-refractivity contribution in [1.82, 2.24) is 0 Å². The Kier molecular flexibility index (Phi) is 4.49. The smallest absolute Gasteiger partial charge is 0.298 e. The zero-order valence-electron chi connectivity index (χ0n) is 12.8. The van der Waals surface area contributed by atoms with Gasteiger partial charge in [0.1, 0.15) is 9.79 Å². The Bertz CT molecular complexity index is 976. The normalized spacial score (nSPS) is 13.0. The van der Waals surface area contributed by atoms with Gasteiger partial charge in [0, 0.05) is 5.41 Å². The average molecular weight is 372 g/mol. The lowest BCUT2D eigenvalue weighted by molar-refractivity contribution is 0.416. The van der Waals surface area contributed by atoms with E-state index in [-0.39, 0.29) is 5.56 Å². The Morgan fingerprint density at radius 1 is 0.833 bits per heavy atom. The van der Waals surface area contributed by atoms with Crippen LogP contribution in [0.1, 0.15) is 25.0 Å². The van der Waals surface area contributed by atoms with Gasteiger partial charge in [-0.05, 0) is 17.2 Å². The number of hydrogen-bond donors (Lipinski definition) is 3. The topological polar surface area (TPSA) is 129 Å². The SMILES string of the molecule is CC(C)(c1ccccc1)c1ccc(S(=O)(=O)O)c(O)c1S(=O)(=O)O. The molecule has 0 aliphatic heterocycles. The lowest BCUT2D eigenvalue weighted by atomic mass is 9.78. The second-order valence-corrected chi connectivity index (χ2v) is 8.48. The molecule has 2 aromatic carbocycles. The number of rotatable bonds is 4. The van der Waals surface area contributed by atoms with Gasteiger partial charge in [0.2, 0.25) is 0 Å². The number of phenols is 1. The highest BCUT2D eigenvalue weighted by Gasteiger charge is 2.35. The zero-order chi connectivity index (χ0) is 18.3. The molecule has 9 heteroatoms. The summed E-state index contributed by atoms with van der Waals surface area (Å²) in [7, 11) is -9.83. The van der Waals surface area contributed by atoms with Crippen molar-refractivity contribution in [2.75, 3.05) is 0 Å². The minimum Gasteiger partial charge on any atom is -0.505 e. The summed E-state index contributed by atoms with van der Waals surface area (Å²) in [6.07, 6.45) is 0. The van der Waals surface area contributed by atoms with Crippen molar-refractivity contribution in [2.45, 2.75) is 29.1 Å². The van der Waals surface area contributed by atoms with E-state index in [1.807, 2.05) is 0 Å². The monoisotopic (exact) mass is 372 g/mol. The molecule has 0 saturated carbocycles. The number of benzene rings is 2. The number of phenolic OH excluding ortho intramolecular Hbond substituents is 1. The molecule has 0 amide bonds. The van der Waals surface area contributed by atoms with E-state index in [4.69, 9.17) is 4.55 Å². The van der Waals surface area contributed by atoms with Crippen molar-refractivity contribution in [1.29, 1.82) is 0 Å². The van der Waals surface area contributed by atoms with Crippen molar-refractivity contribution in [3.8, 4) is 5.75 Å². The molecule has 7 nitrogen and oxygen atoms in total. The Morgan fingerprint density at radius 3 is 1.83 bits per heavy atom. The summed E-state index contributed by atoms with van der Waals surface area (Å²) in [5, 5.41) is 10.1. The molecule has 2 rings (SSSR count). The first-order valence-corrected chi connectivity index (χ1v) is 9.62. The van der Waals surface area contributed by atoms with E-state index in [2.05, 4.69) is 0 Å². The van der Waals surface area contributed by atoms with E-state index >= 15 is 0 Å². The predicted octanol–water partition coefficient (Wildman–Crippen LogP) is 2.21. The first kappa shape index (κ1) is 18.4. The molecular formula is C15H16O7S2. The van der Waals surface area contributed by atoms with Gasteiger partial charge in [0.05, 0.1) is 0 Å². The van der Waals surface area contributed by atoms with Crippen molar-refractivity contribution >= 4 is 20.2 Å². The van der Waals surface area contributed by atoms with Crippen LogP contribution in [0.15, 0.2) is 52.3 Å². The van der Waals surface area contributed by atoms with Gasteiger partial charge >= 0.3 is 0 Å². The lowest BCUT2D eigenvalue weighted by Gasteiger charge is -2.28. The second-order valence-electron chi connectivity index (χ2n) is 5.73. The van der Waals surface area contributed by atoms with E-state index in [1.165, 1.54) is 0 Å². The maximum Gasteiger partial charge on any atom is 0.298 e. The quantitative estimate of drug-likeness (QED) is 0.702. The zero-order valence-corrected chi connectivity index (χ0v) is 14.5. The minimum absolute atomic E-state index is 0.0129. The van der Waals surface area contributed by atoms with Gasteiger partial charge in [0.15, 0.2) is 5.75 Å². The third-order valence-electron chi connectivity index (χ3n) is 3.80. The van der Waals surface area contributed by atoms with Crippen molar-refractivity contribution < 1.29 is 31.0 Å². The Balaban J connectivity index is 2.89. The van der Waals surface area contributed by atoms with E-state index in [1.54, 1.807) is 44.2 Å². The van der Waals surface area contributed by atoms with Gasteiger partial charge in [-0.3, -0.25) is 9.11 Å². The van der Waals surface area contributed by atoms with Gasteiger partial charge < -0.3 is 5.11 Å². The summed E-state index contributed by atoms with van der Waals surface area (Å²) in [5.41, 5.74) is -0.322. The first-order valence-electron chi connectivity index (χ1n) is 6.74. The maximum absolute atomic E-state index is 11.8. The third-order valence-corrected chi connectivity index (χ3v) is 5.61. The molecule has 0 atom stereocenters. The van der Waals surface area contributed by atoms with Gasteiger partial charge in [0.25, 0.3) is 20.2 Å². The number of hydrogen-bond acceptors (Lipinski definition) is 5. The van der Waals surface area contributed by atoms with E-state index in [9.17, 15) is 26.5 Å². The average Bonchev–Trinajstić information content (AvgIpc) is 2.45. The molecule has 0 aromatic heterocycles. The molecule has 0 unspecified atom stereocenters. The van der Waals surface area contributed by atoms with Crippen LogP contribution in [0.5, 0.6) is 5.75 Å². The van der Waals surface area contributed by atoms with Crippen molar-refractivity contribution in [2.24, 2.45) is 0 Å². The number of aromatic hydroxyl groups is 1. The highest BCUT2D eigenvalue weighted by Crippen LogP contribution is 2.41. The van der Waals surface area contributed by atoms with E-state index < -0.39 is 41.2 Å². The summed E-state index contributed by atoms with van der Waals surface area (Å²) >= 11 is 0. The lowest BCUT2D eigenvalue weighted by Crippen LogP contribution is -2.23. The highest BCUT2D eigenvalue weighted by atomic mass is 32.2. The van der Waals surface area contributed by atoms with E-state index in [0.717, 1.165) is 12.1 Å². The summed E-state index contributed by atoms with van der Waals surface area (Å²) in [6.45, 7) is 3.30. The summed E-state index contributed by atoms with van der Waals surface area (Å²) in [6, 6.07) is 10.7. The Morgan fingerprint density at radius 2 is 1.38 bits per heavy atom. The Hall–Kier alpha value is -1.94. The molecule has 2 aromatic rings. The molecule has 0 heterocycles. The fourth-order valence-electron chi connectivity index (χ4n) is 2.52. The molecule has 130 valence electrons. The third kappa shape index (κ3) is 3.29. The van der Waals surface area contributed by atoms with Gasteiger partial charge in [-0.25, -0.2) is 0 Å². The highest BCUT2D eigenvalue weighted by molar-refractivity contribution is 7.87. The largest absolute Gasteiger partial charge is 0.505 e. The predicted molar refractivity (Wildman–Crippen MR) is 86.3 cm³/mol. The molecule has 3 N–H and O–H groups in total. The van der Waals surface area contributed by atoms with Crippen LogP contribution in [0.3, 0.4) is 0 Å². The summed E-state index contributed by atoms with van der Waals surface area (Å²) in [5.74, 6) is -1.22. The molecule has 0 spiro atoms. The molecule has 0 fully saturated rings. The summed E-state index contributed by atoms with van der Waals surface area (Å²) in [4.78, 5) is -1.95. The summed E-state index contributed by atoms with van der Waals surface area (Å²) < 4.78 is 64.7. The fourth-order valence-corrected chi connectivity index (χ4v) is 4.13. The molecule has 0 radical (unpaired) electrons. The van der Waals surface area contributed by atoms with Crippen LogP contribution in [-0.4, -0.2) is 31.0 Å². The van der Waals surface area contributed by atoms with Crippen LogP contribution in [-0.2, 0) is 25.7 Å². The maximum atomic E-state index is 11.8. The molecular weight excluding hydrogens is 356 g/mol. The van der Waals surface area contributed by atoms with Crippen LogP contribution < -0.4 is 0 Å². The van der Waals surface area contributed by atoms with Crippen LogP contribution in [0.25, 0.3) is 0 Å². The molecule has 0 saturated heterocycles. The van der Waals surface area contributed by atoms with Gasteiger partial charge in [-0.2, -0.15) is 16.8 Å². The fraction of sp³-hybridized carbons (Fsp3) is 0.200. The standard InChI is InChI=1S/C15H16O7S2/c1-15(2,10-6-4-3-5-7-10)11-8-9-12(23(17,18)19)13(16)14(11)24(20,21)22/h3-9,16H,1-2H3,(H,17,18,19)(H,20,21,22). The van der Waals surface area contributed by atoms with Crippen molar-refractivity contribution in [3.63, 3.8) is 0 Å². The molecule has 0 aliphatic rings.